The van der Waals surface area contributed by atoms with Gasteiger partial charge in [-0.25, -0.2) is 19.6 Å². The molecule has 6 aromatic rings. The summed E-state index contributed by atoms with van der Waals surface area (Å²) in [5.41, 5.74) is 4.19. The van der Waals surface area contributed by atoms with Crippen molar-refractivity contribution in [1.29, 1.82) is 0 Å². The Labute approximate surface area is 574 Å². The first kappa shape index (κ1) is 67.8. The average molecular weight is 1330 g/mol. The number of hydrogen-bond donors (Lipinski definition) is 0. The maximum atomic E-state index is 14.4. The van der Waals surface area contributed by atoms with E-state index in [9.17, 15) is 28.8 Å². The number of ether oxygens (including phenoxy) is 8. The minimum Gasteiger partial charge on any atom is -0.488 e. The molecule has 0 spiro atoms. The molecule has 8 aliphatic rings. The van der Waals surface area contributed by atoms with Gasteiger partial charge in [-0.2, -0.15) is 0 Å². The summed E-state index contributed by atoms with van der Waals surface area (Å²) in [4.78, 5) is 95.2. The zero-order valence-electron chi connectivity index (χ0n) is 57.0. The van der Waals surface area contributed by atoms with E-state index in [1.54, 1.807) is 9.80 Å². The number of nitrogens with zero attached hydrogens (tertiary/aromatic N) is 4. The lowest BCUT2D eigenvalue weighted by Crippen LogP contribution is -2.46. The van der Waals surface area contributed by atoms with Crippen LogP contribution in [0.3, 0.4) is 0 Å². The fourth-order valence-electron chi connectivity index (χ4n) is 16.2. The van der Waals surface area contributed by atoms with Crippen LogP contribution in [0.5, 0.6) is 23.3 Å². The smallest absolute Gasteiger partial charge is 0.328 e. The SMILES string of the molecule is COC(=O)[C@@H]1C[C@@H]2CN1C(=O)[C@H](C1CCCC1)CC(=O)O[C@@]1(C)C[C@@H]1CC/C=C/Cc1c(nc3ccccc3c1OCc1ccccc1)O2.COC(=O)[C@@H]1C[C@@H]2CN1C(=O)[C@H](C1CCCC1)CC(=O)O[C@]1(C)C[C@H]1CC/C=C/Cc1c(nc3ccccc3c1OCc1ccccc1)O2. The molecule has 6 fully saturated rings. The van der Waals surface area contributed by atoms with Crippen molar-refractivity contribution in [2.75, 3.05) is 27.3 Å². The summed E-state index contributed by atoms with van der Waals surface area (Å²) < 4.78 is 49.1. The second kappa shape index (κ2) is 30.1. The van der Waals surface area contributed by atoms with Gasteiger partial charge in [-0.1, -0.05) is 135 Å². The van der Waals surface area contributed by atoms with E-state index in [1.165, 1.54) is 14.2 Å². The van der Waals surface area contributed by atoms with Crippen molar-refractivity contribution in [3.8, 4) is 23.3 Å². The standard InChI is InChI=1S/2C40H46N2O7/c2*1-40-23-28(40)17-7-4-8-19-31-36(47-25-26-13-5-3-6-14-26)30-18-11-12-20-33(30)41-37(31)48-29-21-34(39(45)46-2)42(24-29)38(44)32(22-35(43)49-40)27-15-9-10-16-27/h2*3-6,8,11-14,18,20,27-29,32,34H,7,9-10,15-17,19,21-25H2,1-2H3/b2*8-4+/t28-,29+,32-,34-,40-;28-,29-,32+,34+,40-/m01/s1. The number of carbonyl (C=O) groups is 6. The summed E-state index contributed by atoms with van der Waals surface area (Å²) in [5, 5.41) is 1.78. The third-order valence-electron chi connectivity index (χ3n) is 21.9. The Morgan fingerprint density at radius 2 is 0.898 bits per heavy atom. The molecule has 4 aliphatic heterocycles. The summed E-state index contributed by atoms with van der Waals surface area (Å²) in [5.74, 6) is -0.216. The minimum absolute atomic E-state index is 0.0140. The molecule has 4 aliphatic carbocycles. The molecule has 4 aromatic carbocycles. The highest BCUT2D eigenvalue weighted by atomic mass is 16.6. The van der Waals surface area contributed by atoms with Gasteiger partial charge in [-0.05, 0) is 138 Å². The number of allylic oxidation sites excluding steroid dienone is 4. The molecule has 516 valence electrons. The van der Waals surface area contributed by atoms with Crippen molar-refractivity contribution in [2.24, 2.45) is 35.5 Å². The van der Waals surface area contributed by atoms with E-state index >= 15 is 0 Å². The first-order valence-electron chi connectivity index (χ1n) is 35.7. The lowest BCUT2D eigenvalue weighted by Gasteiger charge is -2.30. The van der Waals surface area contributed by atoms with Crippen LogP contribution in [0.25, 0.3) is 21.8 Å². The van der Waals surface area contributed by atoms with E-state index in [2.05, 4.69) is 24.3 Å². The van der Waals surface area contributed by atoms with Crippen LogP contribution in [-0.2, 0) is 73.8 Å². The number of methoxy groups -OCH3 is 2. The highest BCUT2D eigenvalue weighted by Crippen LogP contribution is 2.52. The fraction of sp³-hybridized carbons (Fsp3) is 0.500. The van der Waals surface area contributed by atoms with Gasteiger partial charge in [0.2, 0.25) is 23.6 Å². The molecule has 2 amide bonds. The number of benzene rings is 4. The van der Waals surface area contributed by atoms with Crippen LogP contribution >= 0.6 is 0 Å². The van der Waals surface area contributed by atoms with Gasteiger partial charge in [-0.15, -0.1) is 0 Å². The molecule has 2 saturated heterocycles. The number of hydrogen-bond acceptors (Lipinski definition) is 16. The molecule has 2 aromatic heterocycles. The van der Waals surface area contributed by atoms with Gasteiger partial charge in [0.25, 0.3) is 0 Å². The third-order valence-corrected chi connectivity index (χ3v) is 21.9. The lowest BCUT2D eigenvalue weighted by atomic mass is 9.86. The average Bonchev–Trinajstić information content (AvgIpc) is 1.71. The number of amides is 2. The summed E-state index contributed by atoms with van der Waals surface area (Å²) in [6.45, 7) is 5.12. The van der Waals surface area contributed by atoms with Crippen molar-refractivity contribution >= 4 is 57.5 Å². The maximum absolute atomic E-state index is 14.4. The maximum Gasteiger partial charge on any atom is 0.328 e. The molecule has 0 unspecified atom stereocenters. The van der Waals surface area contributed by atoms with Gasteiger partial charge in [0.15, 0.2) is 0 Å². The highest BCUT2D eigenvalue weighted by Gasteiger charge is 2.55. The number of rotatable bonds is 10. The zero-order valence-corrected chi connectivity index (χ0v) is 57.0. The van der Waals surface area contributed by atoms with E-state index in [4.69, 9.17) is 47.9 Å². The number of pyridine rings is 2. The Bertz CT molecular complexity index is 3690. The molecular formula is C80H92N4O14. The Balaban J connectivity index is 0.000000176. The largest absolute Gasteiger partial charge is 0.488 e. The topological polar surface area (TPSA) is 209 Å². The first-order chi connectivity index (χ1) is 47.6. The molecule has 0 radical (unpaired) electrons. The zero-order chi connectivity index (χ0) is 67.9. The number of carbonyl (C=O) groups excluding carboxylic acids is 6. The van der Waals surface area contributed by atoms with Crippen LogP contribution in [0.15, 0.2) is 133 Å². The van der Waals surface area contributed by atoms with Crippen LogP contribution in [0.4, 0.5) is 0 Å². The van der Waals surface area contributed by atoms with Crippen LogP contribution in [0, 0.1) is 35.5 Å². The molecule has 14 rings (SSSR count). The summed E-state index contributed by atoms with van der Waals surface area (Å²) >= 11 is 0. The van der Waals surface area contributed by atoms with E-state index in [-0.39, 0.29) is 86.2 Å². The van der Waals surface area contributed by atoms with Gasteiger partial charge in [-0.3, -0.25) is 19.2 Å². The molecule has 98 heavy (non-hydrogen) atoms. The predicted molar refractivity (Wildman–Crippen MR) is 368 cm³/mol. The molecule has 10 atom stereocenters. The van der Waals surface area contributed by atoms with Gasteiger partial charge in [0.1, 0.15) is 60.2 Å². The van der Waals surface area contributed by atoms with Crippen molar-refractivity contribution in [3.63, 3.8) is 0 Å². The molecule has 18 nitrogen and oxygen atoms in total. The minimum atomic E-state index is -0.826. The quantitative estimate of drug-likeness (QED) is 0.0709. The number of aromatic nitrogens is 2. The number of fused-ring (bicyclic) bond motifs is 10. The first-order valence-corrected chi connectivity index (χ1v) is 35.7. The Kier molecular flexibility index (Phi) is 20.8. The lowest BCUT2D eigenvalue weighted by molar-refractivity contribution is -0.159. The van der Waals surface area contributed by atoms with E-state index in [1.807, 2.05) is 123 Å². The molecule has 4 saturated carbocycles. The fourth-order valence-corrected chi connectivity index (χ4v) is 16.2. The van der Waals surface area contributed by atoms with Gasteiger partial charge >= 0.3 is 23.9 Å². The molecular weight excluding hydrogens is 1240 g/mol. The van der Waals surface area contributed by atoms with Crippen LogP contribution < -0.4 is 18.9 Å². The van der Waals surface area contributed by atoms with E-state index in [0.29, 0.717) is 49.3 Å². The van der Waals surface area contributed by atoms with Crippen molar-refractivity contribution in [2.45, 2.75) is 191 Å². The summed E-state index contributed by atoms with van der Waals surface area (Å²) in [6, 6.07) is 34.2. The van der Waals surface area contributed by atoms with Crippen LogP contribution in [0.2, 0.25) is 0 Å². The van der Waals surface area contributed by atoms with Crippen LogP contribution in [0.1, 0.15) is 152 Å². The monoisotopic (exact) mass is 1330 g/mol. The highest BCUT2D eigenvalue weighted by molar-refractivity contribution is 5.92. The van der Waals surface area contributed by atoms with Crippen LogP contribution in [-0.4, -0.2) is 118 Å². The van der Waals surface area contributed by atoms with Gasteiger partial charge < -0.3 is 47.7 Å². The second-order valence-electron chi connectivity index (χ2n) is 28.6. The van der Waals surface area contributed by atoms with E-state index in [0.717, 1.165) is 134 Å². The molecule has 0 N–H and O–H groups in total. The molecule has 4 bridgehead atoms. The molecule has 6 heterocycles. The predicted octanol–water partition coefficient (Wildman–Crippen LogP) is 13.5. The van der Waals surface area contributed by atoms with Crippen molar-refractivity contribution in [3.05, 3.63) is 156 Å². The van der Waals surface area contributed by atoms with Gasteiger partial charge in [0.05, 0.1) is 74.1 Å². The van der Waals surface area contributed by atoms with E-state index < -0.39 is 59.3 Å². The molecule has 18 heteroatoms. The summed E-state index contributed by atoms with van der Waals surface area (Å²) in [6.07, 6.45) is 21.8. The third kappa shape index (κ3) is 15.4. The summed E-state index contributed by atoms with van der Waals surface area (Å²) in [7, 11) is 2.68. The second-order valence-corrected chi connectivity index (χ2v) is 28.6. The van der Waals surface area contributed by atoms with Crippen molar-refractivity contribution in [1.82, 2.24) is 19.8 Å². The normalized spacial score (nSPS) is 28.4. The number of esters is 4. The van der Waals surface area contributed by atoms with Crippen molar-refractivity contribution < 1.29 is 66.7 Å². The number of para-hydroxylation sites is 2. The van der Waals surface area contributed by atoms with Gasteiger partial charge in [0, 0.05) is 35.4 Å². The Morgan fingerprint density at radius 3 is 1.30 bits per heavy atom. The Morgan fingerprint density at radius 1 is 0.510 bits per heavy atom. The Hall–Kier alpha value is -8.80.